The van der Waals surface area contributed by atoms with Crippen LogP contribution in [0.25, 0.3) is 0 Å². The predicted octanol–water partition coefficient (Wildman–Crippen LogP) is 4.32. The second kappa shape index (κ2) is 9.24. The van der Waals surface area contributed by atoms with Gasteiger partial charge in [0.2, 0.25) is 0 Å². The summed E-state index contributed by atoms with van der Waals surface area (Å²) in [4.78, 5) is 14.8. The van der Waals surface area contributed by atoms with Gasteiger partial charge in [-0.2, -0.15) is 0 Å². The predicted molar refractivity (Wildman–Crippen MR) is 114 cm³/mol. The van der Waals surface area contributed by atoms with Gasteiger partial charge in [-0.25, -0.2) is 0 Å². The third-order valence-electron chi connectivity index (χ3n) is 5.35. The van der Waals surface area contributed by atoms with Crippen molar-refractivity contribution in [3.8, 4) is 5.75 Å². The molecule has 0 bridgehead atoms. The van der Waals surface area contributed by atoms with Gasteiger partial charge >= 0.3 is 0 Å². The van der Waals surface area contributed by atoms with Crippen LogP contribution in [-0.4, -0.2) is 37.0 Å². The summed E-state index contributed by atoms with van der Waals surface area (Å²) in [6.07, 6.45) is 2.45. The number of benzene rings is 2. The summed E-state index contributed by atoms with van der Waals surface area (Å²) in [6.45, 7) is 9.50. The minimum atomic E-state index is -0.0839. The van der Waals surface area contributed by atoms with Crippen LogP contribution in [0.5, 0.6) is 5.75 Å². The fourth-order valence-corrected chi connectivity index (χ4v) is 3.64. The summed E-state index contributed by atoms with van der Waals surface area (Å²) in [7, 11) is 0. The Kier molecular flexibility index (Phi) is 6.74. The van der Waals surface area contributed by atoms with Crippen LogP contribution in [0.3, 0.4) is 0 Å². The van der Waals surface area contributed by atoms with Gasteiger partial charge in [0.25, 0.3) is 5.91 Å². The molecule has 1 aliphatic rings. The molecule has 4 heteroatoms. The zero-order valence-electron chi connectivity index (χ0n) is 17.3. The molecule has 2 aromatic carbocycles. The zero-order chi connectivity index (χ0) is 20.0. The van der Waals surface area contributed by atoms with Crippen LogP contribution >= 0.6 is 0 Å². The van der Waals surface area contributed by atoms with Crippen molar-refractivity contribution in [2.24, 2.45) is 0 Å². The third-order valence-corrected chi connectivity index (χ3v) is 5.35. The van der Waals surface area contributed by atoms with Gasteiger partial charge in [0.15, 0.2) is 6.61 Å². The van der Waals surface area contributed by atoms with E-state index in [9.17, 15) is 4.79 Å². The molecule has 0 saturated carbocycles. The van der Waals surface area contributed by atoms with Crippen molar-refractivity contribution in [1.82, 2.24) is 10.2 Å². The van der Waals surface area contributed by atoms with Gasteiger partial charge in [0, 0.05) is 6.54 Å². The molecular weight excluding hydrogens is 348 g/mol. The summed E-state index contributed by atoms with van der Waals surface area (Å²) < 4.78 is 5.56. The molecule has 0 radical (unpaired) electrons. The van der Waals surface area contributed by atoms with Gasteiger partial charge < -0.3 is 10.1 Å². The van der Waals surface area contributed by atoms with E-state index in [0.717, 1.165) is 13.1 Å². The molecule has 1 fully saturated rings. The average molecular weight is 381 g/mol. The Morgan fingerprint density at radius 1 is 1.04 bits per heavy atom. The smallest absolute Gasteiger partial charge is 0.258 e. The summed E-state index contributed by atoms with van der Waals surface area (Å²) in [5, 5.41) is 3.07. The number of ether oxygens (including phenoxy) is 1. The molecule has 1 saturated heterocycles. The Bertz CT molecular complexity index is 744. The molecule has 3 rings (SSSR count). The molecule has 2 aromatic rings. The largest absolute Gasteiger partial charge is 0.484 e. The van der Waals surface area contributed by atoms with E-state index >= 15 is 0 Å². The summed E-state index contributed by atoms with van der Waals surface area (Å²) >= 11 is 0. The normalized spacial score (nSPS) is 16.0. The highest BCUT2D eigenvalue weighted by molar-refractivity contribution is 5.77. The number of hydrogen-bond donors (Lipinski definition) is 1. The number of para-hydroxylation sites is 1. The lowest BCUT2D eigenvalue weighted by Gasteiger charge is -2.29. The molecule has 28 heavy (non-hydrogen) atoms. The molecule has 4 nitrogen and oxygen atoms in total. The first-order valence-electron chi connectivity index (χ1n) is 10.2. The van der Waals surface area contributed by atoms with E-state index in [0.29, 0.717) is 12.3 Å². The molecule has 0 aliphatic carbocycles. The Labute approximate surface area is 168 Å². The van der Waals surface area contributed by atoms with E-state index in [-0.39, 0.29) is 24.0 Å². The molecule has 1 atom stereocenters. The molecule has 0 spiro atoms. The molecule has 0 aromatic heterocycles. The quantitative estimate of drug-likeness (QED) is 0.778. The van der Waals surface area contributed by atoms with Crippen LogP contribution in [0, 0.1) is 0 Å². The van der Waals surface area contributed by atoms with E-state index < -0.39 is 0 Å². The Balaban J connectivity index is 1.61. The van der Waals surface area contributed by atoms with Crippen LogP contribution in [-0.2, 0) is 10.2 Å². The van der Waals surface area contributed by atoms with Gasteiger partial charge in [-0.15, -0.1) is 0 Å². The van der Waals surface area contributed by atoms with Gasteiger partial charge in [-0.05, 0) is 54.6 Å². The molecule has 1 heterocycles. The summed E-state index contributed by atoms with van der Waals surface area (Å²) in [6, 6.07) is 18.5. The maximum atomic E-state index is 12.3. The van der Waals surface area contributed by atoms with Gasteiger partial charge in [-0.3, -0.25) is 9.69 Å². The number of nitrogens with zero attached hydrogens (tertiary/aromatic N) is 1. The fraction of sp³-hybridized carbons (Fsp3) is 0.458. The lowest BCUT2D eigenvalue weighted by Crippen LogP contribution is -2.38. The maximum Gasteiger partial charge on any atom is 0.258 e. The number of amides is 1. The first-order valence-corrected chi connectivity index (χ1v) is 10.2. The van der Waals surface area contributed by atoms with E-state index in [1.807, 2.05) is 30.3 Å². The van der Waals surface area contributed by atoms with Crippen LogP contribution in [0.4, 0.5) is 0 Å². The SMILES string of the molecule is CC(C)(C)c1ccc([C@@H](CNC(=O)COc2ccccc2)N2CCCC2)cc1. The topological polar surface area (TPSA) is 41.6 Å². The van der Waals surface area contributed by atoms with Crippen molar-refractivity contribution >= 4 is 5.91 Å². The van der Waals surface area contributed by atoms with Crippen molar-refractivity contribution in [2.75, 3.05) is 26.2 Å². The first kappa shape index (κ1) is 20.4. The summed E-state index contributed by atoms with van der Waals surface area (Å²) in [5.74, 6) is 0.630. The summed E-state index contributed by atoms with van der Waals surface area (Å²) in [5.41, 5.74) is 2.74. The van der Waals surface area contributed by atoms with Gasteiger partial charge in [-0.1, -0.05) is 63.2 Å². The number of carbonyl (C=O) groups is 1. The minimum absolute atomic E-state index is 0.0414. The highest BCUT2D eigenvalue weighted by atomic mass is 16.5. The van der Waals surface area contributed by atoms with Crippen LogP contribution in [0.15, 0.2) is 54.6 Å². The van der Waals surface area contributed by atoms with E-state index in [4.69, 9.17) is 4.74 Å². The molecule has 150 valence electrons. The highest BCUT2D eigenvalue weighted by Gasteiger charge is 2.24. The minimum Gasteiger partial charge on any atom is -0.484 e. The molecule has 1 amide bonds. The monoisotopic (exact) mass is 380 g/mol. The average Bonchev–Trinajstić information content (AvgIpc) is 3.21. The standard InChI is InChI=1S/C24H32N2O2/c1-24(2,3)20-13-11-19(12-14-20)22(26-15-7-8-16-26)17-25-23(27)18-28-21-9-5-4-6-10-21/h4-6,9-14,22H,7-8,15-18H2,1-3H3,(H,25,27)/t22-/m1/s1. The number of carbonyl (C=O) groups excluding carboxylic acids is 1. The second-order valence-electron chi connectivity index (χ2n) is 8.54. The van der Waals surface area contributed by atoms with Gasteiger partial charge in [0.05, 0.1) is 6.04 Å². The van der Waals surface area contributed by atoms with Gasteiger partial charge in [0.1, 0.15) is 5.75 Å². The van der Waals surface area contributed by atoms with Crippen molar-refractivity contribution in [3.63, 3.8) is 0 Å². The maximum absolute atomic E-state index is 12.3. The number of likely N-dealkylation sites (tertiary alicyclic amines) is 1. The van der Waals surface area contributed by atoms with Crippen molar-refractivity contribution in [2.45, 2.75) is 45.1 Å². The first-order chi connectivity index (χ1) is 13.4. The second-order valence-corrected chi connectivity index (χ2v) is 8.54. The molecule has 0 unspecified atom stereocenters. The third kappa shape index (κ3) is 5.59. The molecule has 1 N–H and O–H groups in total. The Morgan fingerprint density at radius 3 is 2.29 bits per heavy atom. The fourth-order valence-electron chi connectivity index (χ4n) is 3.64. The lowest BCUT2D eigenvalue weighted by molar-refractivity contribution is -0.123. The number of hydrogen-bond acceptors (Lipinski definition) is 3. The van der Waals surface area contributed by atoms with Crippen LogP contribution in [0.2, 0.25) is 0 Å². The zero-order valence-corrected chi connectivity index (χ0v) is 17.3. The Morgan fingerprint density at radius 2 is 1.68 bits per heavy atom. The number of rotatable bonds is 7. The Hall–Kier alpha value is -2.33. The highest BCUT2D eigenvalue weighted by Crippen LogP contribution is 2.28. The van der Waals surface area contributed by atoms with E-state index in [1.54, 1.807) is 0 Å². The van der Waals surface area contributed by atoms with E-state index in [2.05, 4.69) is 55.3 Å². The van der Waals surface area contributed by atoms with E-state index in [1.165, 1.54) is 24.0 Å². The van der Waals surface area contributed by atoms with Crippen LogP contribution in [0.1, 0.15) is 50.8 Å². The van der Waals surface area contributed by atoms with Crippen molar-refractivity contribution in [1.29, 1.82) is 0 Å². The molecular formula is C24H32N2O2. The number of nitrogens with one attached hydrogen (secondary N) is 1. The lowest BCUT2D eigenvalue weighted by atomic mass is 9.86. The molecule has 1 aliphatic heterocycles. The van der Waals surface area contributed by atoms with Crippen molar-refractivity contribution < 1.29 is 9.53 Å². The van der Waals surface area contributed by atoms with Crippen LogP contribution < -0.4 is 10.1 Å². The van der Waals surface area contributed by atoms with Crippen molar-refractivity contribution in [3.05, 3.63) is 65.7 Å².